The van der Waals surface area contributed by atoms with Crippen LogP contribution in [0.5, 0.6) is 5.75 Å². The van der Waals surface area contributed by atoms with Crippen molar-refractivity contribution in [1.82, 2.24) is 4.57 Å². The van der Waals surface area contributed by atoms with Gasteiger partial charge in [0.1, 0.15) is 5.75 Å². The normalized spacial score (nSPS) is 16.6. The highest BCUT2D eigenvalue weighted by Crippen LogP contribution is 2.43. The summed E-state index contributed by atoms with van der Waals surface area (Å²) in [4.78, 5) is 30.7. The number of ether oxygens (including phenoxy) is 1. The van der Waals surface area contributed by atoms with Crippen LogP contribution in [0.4, 0.5) is 0 Å². The van der Waals surface area contributed by atoms with Gasteiger partial charge in [-0.2, -0.15) is 0 Å². The zero-order chi connectivity index (χ0) is 24.8. The number of hydrogen-bond acceptors (Lipinski definition) is 5. The topological polar surface area (TPSA) is 80.9 Å². The van der Waals surface area contributed by atoms with Crippen molar-refractivity contribution in [1.29, 1.82) is 0 Å². The largest absolute Gasteiger partial charge is 0.496 e. The summed E-state index contributed by atoms with van der Waals surface area (Å²) in [6.07, 6.45) is 3.49. The Morgan fingerprint density at radius 3 is 2.58 bits per heavy atom. The van der Waals surface area contributed by atoms with E-state index in [1.54, 1.807) is 42.0 Å². The first-order valence-corrected chi connectivity index (χ1v) is 12.5. The molecular weight excluding hydrogens is 472 g/mol. The molecule has 0 fully saturated rings. The maximum absolute atomic E-state index is 13.8. The van der Waals surface area contributed by atoms with E-state index in [1.165, 1.54) is 16.9 Å². The summed E-state index contributed by atoms with van der Waals surface area (Å²) in [5, 5.41) is 9.18. The fraction of sp³-hybridized carbons (Fsp3) is 0.138. The molecule has 0 unspecified atom stereocenters. The Morgan fingerprint density at radius 2 is 1.81 bits per heavy atom. The maximum atomic E-state index is 13.8. The van der Waals surface area contributed by atoms with E-state index in [0.29, 0.717) is 9.33 Å². The average Bonchev–Trinajstić information content (AvgIpc) is 3.22. The van der Waals surface area contributed by atoms with Crippen molar-refractivity contribution in [2.24, 2.45) is 4.99 Å². The Bertz CT molecular complexity index is 1730. The zero-order valence-corrected chi connectivity index (χ0v) is 20.3. The number of carbonyl (C=O) groups is 1. The standard InChI is InChI=1S/C29H22N2O4S/c1-35-23-9-5-4-8-21(23)26-22-15-14-18-6-2-3-7-20(18)25(22)30-29-31(26)27(32)24(36-29)16-17-10-12-19(13-11-17)28(33)34/h2-13,16,26H,14-15H2,1H3,(H,33,34)/b24-16+/t26-/m0/s1. The quantitative estimate of drug-likeness (QED) is 0.465. The molecule has 6 nitrogen and oxygen atoms in total. The Kier molecular flexibility index (Phi) is 5.42. The molecule has 2 heterocycles. The molecule has 0 spiro atoms. The van der Waals surface area contributed by atoms with Crippen LogP contribution in [0.25, 0.3) is 11.8 Å². The number of para-hydroxylation sites is 1. The van der Waals surface area contributed by atoms with Crippen molar-refractivity contribution in [2.75, 3.05) is 7.11 Å². The SMILES string of the molecule is COc1ccccc1[C@H]1C2=C(N=c3s/c(=C/c4ccc(C(=O)O)cc4)c(=O)n31)c1ccccc1CC2. The number of aryl methyl sites for hydroxylation is 1. The summed E-state index contributed by atoms with van der Waals surface area (Å²) in [5.41, 5.74) is 6.19. The highest BCUT2D eigenvalue weighted by Gasteiger charge is 2.33. The van der Waals surface area contributed by atoms with E-state index >= 15 is 0 Å². The van der Waals surface area contributed by atoms with Gasteiger partial charge in [0.15, 0.2) is 4.80 Å². The molecule has 0 saturated heterocycles. The molecule has 7 heteroatoms. The molecule has 2 aliphatic rings. The minimum absolute atomic E-state index is 0.123. The molecule has 4 aromatic rings. The molecule has 0 saturated carbocycles. The first-order valence-electron chi connectivity index (χ1n) is 11.6. The Hall–Kier alpha value is -4.23. The molecule has 6 rings (SSSR count). The summed E-state index contributed by atoms with van der Waals surface area (Å²) in [5.74, 6) is -0.252. The molecule has 1 aliphatic carbocycles. The van der Waals surface area contributed by atoms with Gasteiger partial charge in [0.25, 0.3) is 5.56 Å². The second-order valence-electron chi connectivity index (χ2n) is 8.78. The van der Waals surface area contributed by atoms with Crippen LogP contribution in [0.3, 0.4) is 0 Å². The Labute approximate surface area is 210 Å². The van der Waals surface area contributed by atoms with Gasteiger partial charge in [0.05, 0.1) is 28.9 Å². The molecule has 3 aromatic carbocycles. The molecule has 0 bridgehead atoms. The molecular formula is C29H22N2O4S. The van der Waals surface area contributed by atoms with Crippen molar-refractivity contribution in [2.45, 2.75) is 18.9 Å². The lowest BCUT2D eigenvalue weighted by Crippen LogP contribution is -2.39. The van der Waals surface area contributed by atoms with Crippen LogP contribution >= 0.6 is 11.3 Å². The lowest BCUT2D eigenvalue weighted by atomic mass is 9.83. The first kappa shape index (κ1) is 22.2. The smallest absolute Gasteiger partial charge is 0.335 e. The minimum atomic E-state index is -0.983. The number of allylic oxidation sites excluding steroid dienone is 1. The summed E-state index contributed by atoms with van der Waals surface area (Å²) in [7, 11) is 1.65. The fourth-order valence-corrected chi connectivity index (χ4v) is 6.07. The molecule has 1 aliphatic heterocycles. The van der Waals surface area contributed by atoms with E-state index in [-0.39, 0.29) is 17.2 Å². The van der Waals surface area contributed by atoms with Gasteiger partial charge in [-0.05, 0) is 53.8 Å². The monoisotopic (exact) mass is 494 g/mol. The number of rotatable bonds is 4. The van der Waals surface area contributed by atoms with E-state index in [0.717, 1.165) is 46.6 Å². The van der Waals surface area contributed by atoms with Gasteiger partial charge in [-0.3, -0.25) is 9.36 Å². The summed E-state index contributed by atoms with van der Waals surface area (Å²) in [6.45, 7) is 0. The van der Waals surface area contributed by atoms with Crippen LogP contribution < -0.4 is 19.6 Å². The van der Waals surface area contributed by atoms with Crippen LogP contribution in [-0.4, -0.2) is 22.8 Å². The van der Waals surface area contributed by atoms with Gasteiger partial charge in [-0.15, -0.1) is 0 Å². The van der Waals surface area contributed by atoms with Crippen molar-refractivity contribution >= 4 is 29.1 Å². The number of aromatic nitrogens is 1. The van der Waals surface area contributed by atoms with Crippen LogP contribution in [0.2, 0.25) is 0 Å². The average molecular weight is 495 g/mol. The summed E-state index contributed by atoms with van der Waals surface area (Å²) in [6, 6.07) is 22.3. The first-order chi connectivity index (χ1) is 17.5. The predicted molar refractivity (Wildman–Crippen MR) is 139 cm³/mol. The Balaban J connectivity index is 1.60. The van der Waals surface area contributed by atoms with Crippen LogP contribution in [-0.2, 0) is 6.42 Å². The number of nitrogens with zero attached hydrogens (tertiary/aromatic N) is 2. The Morgan fingerprint density at radius 1 is 1.06 bits per heavy atom. The number of hydrogen-bond donors (Lipinski definition) is 1. The van der Waals surface area contributed by atoms with E-state index in [9.17, 15) is 14.7 Å². The lowest BCUT2D eigenvalue weighted by molar-refractivity contribution is 0.0697. The molecule has 36 heavy (non-hydrogen) atoms. The highest BCUT2D eigenvalue weighted by molar-refractivity contribution is 7.07. The molecule has 0 radical (unpaired) electrons. The third-order valence-corrected chi connectivity index (χ3v) is 7.74. The van der Waals surface area contributed by atoms with Gasteiger partial charge in [-0.25, -0.2) is 9.79 Å². The maximum Gasteiger partial charge on any atom is 0.335 e. The number of carboxylic acid groups (broad SMARTS) is 1. The third kappa shape index (κ3) is 3.60. The minimum Gasteiger partial charge on any atom is -0.496 e. The summed E-state index contributed by atoms with van der Waals surface area (Å²) >= 11 is 1.35. The number of carboxylic acids is 1. The second-order valence-corrected chi connectivity index (χ2v) is 9.79. The van der Waals surface area contributed by atoms with Crippen molar-refractivity contribution in [3.05, 3.63) is 126 Å². The number of methoxy groups -OCH3 is 1. The number of thiazole rings is 1. The van der Waals surface area contributed by atoms with Crippen LogP contribution in [0.15, 0.2) is 88.2 Å². The van der Waals surface area contributed by atoms with Gasteiger partial charge in [-0.1, -0.05) is 65.9 Å². The second kappa shape index (κ2) is 8.77. The van der Waals surface area contributed by atoms with E-state index < -0.39 is 5.97 Å². The molecule has 1 aromatic heterocycles. The van der Waals surface area contributed by atoms with Gasteiger partial charge >= 0.3 is 5.97 Å². The van der Waals surface area contributed by atoms with Crippen molar-refractivity contribution in [3.8, 4) is 5.75 Å². The van der Waals surface area contributed by atoms with Gasteiger partial charge in [0, 0.05) is 11.1 Å². The van der Waals surface area contributed by atoms with E-state index in [4.69, 9.17) is 9.73 Å². The van der Waals surface area contributed by atoms with Gasteiger partial charge < -0.3 is 9.84 Å². The van der Waals surface area contributed by atoms with Crippen molar-refractivity contribution < 1.29 is 14.6 Å². The zero-order valence-electron chi connectivity index (χ0n) is 19.5. The molecule has 1 atom stereocenters. The van der Waals surface area contributed by atoms with Crippen LogP contribution in [0, 0.1) is 0 Å². The predicted octanol–water partition coefficient (Wildman–Crippen LogP) is 4.03. The molecule has 178 valence electrons. The third-order valence-electron chi connectivity index (χ3n) is 6.76. The van der Waals surface area contributed by atoms with E-state index in [1.807, 2.05) is 30.3 Å². The highest BCUT2D eigenvalue weighted by atomic mass is 32.1. The fourth-order valence-electron chi connectivity index (χ4n) is 5.06. The van der Waals surface area contributed by atoms with Crippen molar-refractivity contribution in [3.63, 3.8) is 0 Å². The number of aromatic carboxylic acids is 1. The van der Waals surface area contributed by atoms with E-state index in [2.05, 4.69) is 18.2 Å². The van der Waals surface area contributed by atoms with Gasteiger partial charge in [0.2, 0.25) is 0 Å². The van der Waals surface area contributed by atoms with Crippen LogP contribution in [0.1, 0.15) is 45.1 Å². The molecule has 0 amide bonds. The number of fused-ring (bicyclic) bond motifs is 3. The summed E-state index contributed by atoms with van der Waals surface area (Å²) < 4.78 is 8.05. The lowest BCUT2D eigenvalue weighted by Gasteiger charge is -2.31. The number of benzene rings is 3. The molecule has 1 N–H and O–H groups in total.